The molecule has 1 N–H and O–H groups in total. The van der Waals surface area contributed by atoms with Gasteiger partial charge in [0.1, 0.15) is 16.5 Å². The molecule has 0 saturated carbocycles. The lowest BCUT2D eigenvalue weighted by atomic mass is 10.3. The van der Waals surface area contributed by atoms with E-state index in [9.17, 15) is 17.6 Å². The van der Waals surface area contributed by atoms with Crippen molar-refractivity contribution in [1.29, 1.82) is 0 Å². The van der Waals surface area contributed by atoms with Gasteiger partial charge < -0.3 is 23.4 Å². The third-order valence-electron chi connectivity index (χ3n) is 3.77. The molecule has 10 heteroatoms. The van der Waals surface area contributed by atoms with Crippen LogP contribution in [0.4, 0.5) is 10.1 Å². The molecule has 0 atom stereocenters. The van der Waals surface area contributed by atoms with E-state index in [1.165, 1.54) is 50.8 Å². The minimum atomic E-state index is -4.49. The van der Waals surface area contributed by atoms with Crippen LogP contribution in [-0.2, 0) is 10.1 Å². The van der Waals surface area contributed by atoms with E-state index in [1.807, 2.05) is 0 Å². The van der Waals surface area contributed by atoms with Gasteiger partial charge in [-0.25, -0.2) is 4.39 Å². The summed E-state index contributed by atoms with van der Waals surface area (Å²) in [6, 6.07) is 10.4. The molecule has 0 radical (unpaired) electrons. The van der Waals surface area contributed by atoms with Gasteiger partial charge in [0.25, 0.3) is 5.91 Å². The number of ether oxygens (including phenoxy) is 2. The molecule has 3 rings (SSSR count). The number of halogens is 1. The highest BCUT2D eigenvalue weighted by Crippen LogP contribution is 2.33. The molecule has 1 amide bonds. The van der Waals surface area contributed by atoms with E-state index < -0.39 is 26.7 Å². The van der Waals surface area contributed by atoms with Gasteiger partial charge in [0, 0.05) is 17.8 Å². The first kappa shape index (κ1) is 20.2. The highest BCUT2D eigenvalue weighted by atomic mass is 32.2. The zero-order valence-corrected chi connectivity index (χ0v) is 16.2. The summed E-state index contributed by atoms with van der Waals surface area (Å²) < 4.78 is 59.1. The lowest BCUT2D eigenvalue weighted by Crippen LogP contribution is -2.13. The number of hydrogen-bond donors (Lipinski definition) is 1. The summed E-state index contributed by atoms with van der Waals surface area (Å²) in [4.78, 5) is 11.2. The third-order valence-corrected chi connectivity index (χ3v) is 5.03. The standard InChI is InChI=1S/C19H16FNO7S/c1-25-16-10-14(20)18(11-17(16)26-2)29(23,24)28-13-7-5-12(6-8-13)21-19(22)15-4-3-9-27-15/h3-11H,1-2H3,(H,21,22). The topological polar surface area (TPSA) is 104 Å². The van der Waals surface area contributed by atoms with Crippen LogP contribution >= 0.6 is 0 Å². The molecule has 152 valence electrons. The molecule has 29 heavy (non-hydrogen) atoms. The average molecular weight is 421 g/mol. The molecule has 1 aromatic heterocycles. The fourth-order valence-electron chi connectivity index (χ4n) is 2.39. The number of amides is 1. The van der Waals surface area contributed by atoms with E-state index in [2.05, 4.69) is 5.32 Å². The molecule has 3 aromatic rings. The molecule has 1 heterocycles. The van der Waals surface area contributed by atoms with Crippen molar-refractivity contribution in [2.24, 2.45) is 0 Å². The first-order valence-electron chi connectivity index (χ1n) is 8.15. The Labute approximate surface area is 165 Å². The maximum Gasteiger partial charge on any atom is 0.342 e. The quantitative estimate of drug-likeness (QED) is 0.583. The van der Waals surface area contributed by atoms with E-state index in [1.54, 1.807) is 6.07 Å². The largest absolute Gasteiger partial charge is 0.493 e. The number of carbonyl (C=O) groups is 1. The van der Waals surface area contributed by atoms with Crippen LogP contribution in [0.5, 0.6) is 17.2 Å². The van der Waals surface area contributed by atoms with Crippen molar-refractivity contribution in [1.82, 2.24) is 0 Å². The van der Waals surface area contributed by atoms with Crippen LogP contribution in [0.1, 0.15) is 10.6 Å². The predicted molar refractivity (Wildman–Crippen MR) is 100 cm³/mol. The van der Waals surface area contributed by atoms with Crippen molar-refractivity contribution >= 4 is 21.7 Å². The third kappa shape index (κ3) is 4.49. The smallest absolute Gasteiger partial charge is 0.342 e. The molecule has 2 aromatic carbocycles. The van der Waals surface area contributed by atoms with Crippen LogP contribution in [0.3, 0.4) is 0 Å². The van der Waals surface area contributed by atoms with E-state index in [0.29, 0.717) is 5.69 Å². The molecular formula is C19H16FNO7S. The summed E-state index contributed by atoms with van der Waals surface area (Å²) >= 11 is 0. The van der Waals surface area contributed by atoms with Crippen molar-refractivity contribution in [3.63, 3.8) is 0 Å². The summed E-state index contributed by atoms with van der Waals surface area (Å²) in [7, 11) is -1.89. The Balaban J connectivity index is 1.78. The second kappa shape index (κ2) is 8.23. The maximum absolute atomic E-state index is 14.2. The number of methoxy groups -OCH3 is 2. The molecule has 0 bridgehead atoms. The highest BCUT2D eigenvalue weighted by Gasteiger charge is 2.25. The number of furan rings is 1. The Morgan fingerprint density at radius 2 is 1.69 bits per heavy atom. The number of nitrogens with one attached hydrogen (secondary N) is 1. The van der Waals surface area contributed by atoms with Crippen LogP contribution in [0.15, 0.2) is 64.1 Å². The molecule has 0 aliphatic heterocycles. The highest BCUT2D eigenvalue weighted by molar-refractivity contribution is 7.87. The fraction of sp³-hybridized carbons (Fsp3) is 0.105. The Hall–Kier alpha value is -3.53. The van der Waals surface area contributed by atoms with Gasteiger partial charge in [-0.3, -0.25) is 4.79 Å². The van der Waals surface area contributed by atoms with Gasteiger partial charge in [-0.05, 0) is 36.4 Å². The molecule has 8 nitrogen and oxygen atoms in total. The average Bonchev–Trinajstić information content (AvgIpc) is 3.24. The fourth-order valence-corrected chi connectivity index (χ4v) is 3.40. The van der Waals surface area contributed by atoms with Gasteiger partial charge in [-0.1, -0.05) is 0 Å². The maximum atomic E-state index is 14.2. The van der Waals surface area contributed by atoms with Crippen molar-refractivity contribution in [3.05, 3.63) is 66.4 Å². The van der Waals surface area contributed by atoms with Gasteiger partial charge in [-0.2, -0.15) is 8.42 Å². The Bertz CT molecular complexity index is 1110. The summed E-state index contributed by atoms with van der Waals surface area (Å²) in [5, 5.41) is 2.57. The monoisotopic (exact) mass is 421 g/mol. The van der Waals surface area contributed by atoms with Crippen LogP contribution in [0.2, 0.25) is 0 Å². The molecular weight excluding hydrogens is 405 g/mol. The Kier molecular flexibility index (Phi) is 5.74. The van der Waals surface area contributed by atoms with Crippen LogP contribution in [0.25, 0.3) is 0 Å². The van der Waals surface area contributed by atoms with Crippen LogP contribution in [0, 0.1) is 5.82 Å². The van der Waals surface area contributed by atoms with E-state index in [4.69, 9.17) is 18.1 Å². The normalized spacial score (nSPS) is 11.0. The first-order valence-corrected chi connectivity index (χ1v) is 9.56. The molecule has 0 spiro atoms. The molecule has 0 saturated heterocycles. The summed E-state index contributed by atoms with van der Waals surface area (Å²) in [5.74, 6) is -1.40. The number of hydrogen-bond acceptors (Lipinski definition) is 7. The minimum Gasteiger partial charge on any atom is -0.493 e. The van der Waals surface area contributed by atoms with E-state index >= 15 is 0 Å². The number of benzene rings is 2. The van der Waals surface area contributed by atoms with Gasteiger partial charge >= 0.3 is 10.1 Å². The second-order valence-corrected chi connectivity index (χ2v) is 7.15. The van der Waals surface area contributed by atoms with Gasteiger partial charge in [-0.15, -0.1) is 0 Å². The lowest BCUT2D eigenvalue weighted by molar-refractivity contribution is 0.0996. The van der Waals surface area contributed by atoms with Crippen molar-refractivity contribution in [2.45, 2.75) is 4.90 Å². The Morgan fingerprint density at radius 3 is 2.28 bits per heavy atom. The Morgan fingerprint density at radius 1 is 1.03 bits per heavy atom. The van der Waals surface area contributed by atoms with Gasteiger partial charge in [0.05, 0.1) is 20.5 Å². The summed E-state index contributed by atoms with van der Waals surface area (Å²) in [6.07, 6.45) is 1.37. The SMILES string of the molecule is COc1cc(F)c(S(=O)(=O)Oc2ccc(NC(=O)c3ccco3)cc2)cc1OC. The van der Waals surface area contributed by atoms with Crippen molar-refractivity contribution in [2.75, 3.05) is 19.5 Å². The second-order valence-electron chi connectivity index (χ2n) is 5.63. The predicted octanol–water partition coefficient (Wildman–Crippen LogP) is 3.46. The van der Waals surface area contributed by atoms with Crippen molar-refractivity contribution in [3.8, 4) is 17.2 Å². The molecule has 0 unspecified atom stereocenters. The zero-order valence-electron chi connectivity index (χ0n) is 15.3. The molecule has 0 aliphatic rings. The number of rotatable bonds is 7. The molecule has 0 aliphatic carbocycles. The first-order chi connectivity index (χ1) is 13.8. The number of anilines is 1. The van der Waals surface area contributed by atoms with Gasteiger partial charge in [0.2, 0.25) is 0 Å². The summed E-state index contributed by atoms with van der Waals surface area (Å²) in [5.41, 5.74) is 0.383. The molecule has 0 fully saturated rings. The van der Waals surface area contributed by atoms with E-state index in [-0.39, 0.29) is 23.0 Å². The van der Waals surface area contributed by atoms with Crippen molar-refractivity contribution < 1.29 is 35.7 Å². The lowest BCUT2D eigenvalue weighted by Gasteiger charge is -2.12. The number of carbonyl (C=O) groups excluding carboxylic acids is 1. The van der Waals surface area contributed by atoms with Crippen LogP contribution in [-0.4, -0.2) is 28.5 Å². The van der Waals surface area contributed by atoms with Gasteiger partial charge in [0.15, 0.2) is 17.3 Å². The summed E-state index contributed by atoms with van der Waals surface area (Å²) in [6.45, 7) is 0. The minimum absolute atomic E-state index is 0.0343. The van der Waals surface area contributed by atoms with Crippen LogP contribution < -0.4 is 19.0 Å². The zero-order chi connectivity index (χ0) is 21.0. The van der Waals surface area contributed by atoms with E-state index in [0.717, 1.165) is 12.1 Å².